The van der Waals surface area contributed by atoms with Crippen LogP contribution < -0.4 is 4.90 Å². The minimum atomic E-state index is 0.617. The predicted molar refractivity (Wildman–Crippen MR) is 71.6 cm³/mol. The predicted octanol–water partition coefficient (Wildman–Crippen LogP) is 1.65. The van der Waals surface area contributed by atoms with Crippen molar-refractivity contribution >= 4 is 13.0 Å². The number of nitrogens with zero attached hydrogens (tertiary/aromatic N) is 3. The van der Waals surface area contributed by atoms with E-state index in [1.807, 2.05) is 31.4 Å². The second-order valence-corrected chi connectivity index (χ2v) is 4.01. The molecule has 0 radical (unpaired) electrons. The van der Waals surface area contributed by atoms with Crippen molar-refractivity contribution in [2.24, 2.45) is 7.05 Å². The van der Waals surface area contributed by atoms with Gasteiger partial charge in [0.25, 0.3) is 0 Å². The van der Waals surface area contributed by atoms with Gasteiger partial charge in [0.1, 0.15) is 0 Å². The zero-order chi connectivity index (χ0) is 12.3. The summed E-state index contributed by atoms with van der Waals surface area (Å²) in [5, 5.41) is 4.16. The maximum absolute atomic E-state index is 5.29. The molecule has 0 saturated carbocycles. The van der Waals surface area contributed by atoms with Crippen LogP contribution in [0.3, 0.4) is 0 Å². The number of hydrogen-bond acceptors (Lipinski definition) is 2. The number of hydrogen-bond donors (Lipinski definition) is 0. The van der Waals surface area contributed by atoms with Gasteiger partial charge in [-0.1, -0.05) is 0 Å². The molecule has 1 aromatic heterocycles. The van der Waals surface area contributed by atoms with E-state index < -0.39 is 0 Å². The molecule has 3 nitrogen and oxygen atoms in total. The summed E-state index contributed by atoms with van der Waals surface area (Å²) in [6.45, 7) is 0.617. The van der Waals surface area contributed by atoms with Gasteiger partial charge in [0.15, 0.2) is 0 Å². The van der Waals surface area contributed by atoms with Crippen molar-refractivity contribution in [3.63, 3.8) is 0 Å². The SMILES string of the molecule is B#CCN(C)c1ccc(-c2cnn(C)c2)cc1. The minimum absolute atomic E-state index is 0.617. The zero-order valence-electron chi connectivity index (χ0n) is 10.1. The molecular weight excluding hydrogens is 209 g/mol. The summed E-state index contributed by atoms with van der Waals surface area (Å²) in [7, 11) is 9.19. The van der Waals surface area contributed by atoms with Crippen LogP contribution in [0.4, 0.5) is 5.69 Å². The summed E-state index contributed by atoms with van der Waals surface area (Å²) >= 11 is 0. The normalized spacial score (nSPS) is 10.1. The third-order valence-electron chi connectivity index (χ3n) is 2.67. The molecule has 0 amide bonds. The number of aryl methyl sites for hydroxylation is 1. The molecule has 0 N–H and O–H groups in total. The van der Waals surface area contributed by atoms with Gasteiger partial charge in [0, 0.05) is 0 Å². The van der Waals surface area contributed by atoms with E-state index in [1.165, 1.54) is 0 Å². The average molecular weight is 223 g/mol. The molecule has 0 unspecified atom stereocenters. The van der Waals surface area contributed by atoms with Crippen LogP contribution in [-0.2, 0) is 7.05 Å². The van der Waals surface area contributed by atoms with Crippen LogP contribution >= 0.6 is 0 Å². The Balaban J connectivity index is 2.21. The molecule has 0 aliphatic carbocycles. The molecule has 0 aliphatic rings. The van der Waals surface area contributed by atoms with Gasteiger partial charge in [-0.3, -0.25) is 0 Å². The van der Waals surface area contributed by atoms with Gasteiger partial charge >= 0.3 is 102 Å². The number of rotatable bonds is 3. The van der Waals surface area contributed by atoms with Gasteiger partial charge in [-0.25, -0.2) is 0 Å². The fraction of sp³-hybridized carbons (Fsp3) is 0.231. The van der Waals surface area contributed by atoms with Crippen molar-refractivity contribution in [1.29, 1.82) is 0 Å². The fourth-order valence-corrected chi connectivity index (χ4v) is 1.71. The maximum atomic E-state index is 5.29. The Morgan fingerprint density at radius 1 is 1.29 bits per heavy atom. The molecule has 84 valence electrons. The topological polar surface area (TPSA) is 21.1 Å². The average Bonchev–Trinajstić information content (AvgIpc) is 2.76. The van der Waals surface area contributed by atoms with Gasteiger partial charge in [0.2, 0.25) is 0 Å². The molecule has 1 aromatic carbocycles. The van der Waals surface area contributed by atoms with E-state index in [9.17, 15) is 0 Å². The second-order valence-electron chi connectivity index (χ2n) is 4.01. The van der Waals surface area contributed by atoms with E-state index in [2.05, 4.69) is 35.2 Å². The number of benzene rings is 1. The quantitative estimate of drug-likeness (QED) is 0.737. The number of aromatic nitrogens is 2. The number of anilines is 1. The van der Waals surface area contributed by atoms with Crippen molar-refractivity contribution in [3.05, 3.63) is 36.7 Å². The van der Waals surface area contributed by atoms with E-state index in [4.69, 9.17) is 7.33 Å². The Hall–Kier alpha value is -1.93. The van der Waals surface area contributed by atoms with Crippen molar-refractivity contribution in [1.82, 2.24) is 9.78 Å². The third-order valence-corrected chi connectivity index (χ3v) is 2.67. The molecule has 2 aromatic rings. The van der Waals surface area contributed by atoms with Crippen LogP contribution in [-0.4, -0.2) is 30.7 Å². The molecule has 2 rings (SSSR count). The van der Waals surface area contributed by atoms with Crippen LogP contribution in [0.15, 0.2) is 36.7 Å². The Kier molecular flexibility index (Phi) is 3.36. The first kappa shape index (κ1) is 11.6. The fourth-order valence-electron chi connectivity index (χ4n) is 1.71. The van der Waals surface area contributed by atoms with Gasteiger partial charge in [-0.05, 0) is 0 Å². The summed E-state index contributed by atoms with van der Waals surface area (Å²) in [4.78, 5) is 2.03. The molecular formula is C13H14BN3. The first-order chi connectivity index (χ1) is 8.20. The Labute approximate surface area is 102 Å². The molecule has 4 heteroatoms. The first-order valence-electron chi connectivity index (χ1n) is 5.44. The molecule has 17 heavy (non-hydrogen) atoms. The second kappa shape index (κ2) is 4.94. The molecule has 0 fully saturated rings. The Bertz CT molecular complexity index is 537. The van der Waals surface area contributed by atoms with E-state index >= 15 is 0 Å². The molecule has 0 saturated heterocycles. The van der Waals surface area contributed by atoms with Crippen molar-refractivity contribution in [2.75, 3.05) is 18.5 Å². The van der Waals surface area contributed by atoms with Crippen LogP contribution in [0.1, 0.15) is 0 Å². The third kappa shape index (κ3) is 2.60. The van der Waals surface area contributed by atoms with Crippen molar-refractivity contribution < 1.29 is 0 Å². The zero-order valence-corrected chi connectivity index (χ0v) is 10.1. The van der Waals surface area contributed by atoms with Gasteiger partial charge in [-0.15, -0.1) is 0 Å². The molecule has 0 aliphatic heterocycles. The van der Waals surface area contributed by atoms with E-state index in [1.54, 1.807) is 4.68 Å². The summed E-state index contributed by atoms with van der Waals surface area (Å²) in [5.41, 5.74) is 3.41. The monoisotopic (exact) mass is 223 g/mol. The van der Waals surface area contributed by atoms with Crippen LogP contribution in [0.25, 0.3) is 11.1 Å². The van der Waals surface area contributed by atoms with Crippen molar-refractivity contribution in [2.45, 2.75) is 0 Å². The summed E-state index contributed by atoms with van der Waals surface area (Å²) < 4.78 is 1.80. The van der Waals surface area contributed by atoms with E-state index in [0.29, 0.717) is 6.54 Å². The molecule has 0 spiro atoms. The first-order valence-corrected chi connectivity index (χ1v) is 5.44. The molecule has 0 bridgehead atoms. The van der Waals surface area contributed by atoms with Gasteiger partial charge < -0.3 is 0 Å². The summed E-state index contributed by atoms with van der Waals surface area (Å²) in [6, 6.07) is 8.30. The molecule has 1 heterocycles. The van der Waals surface area contributed by atoms with Gasteiger partial charge in [-0.2, -0.15) is 0 Å². The Morgan fingerprint density at radius 3 is 2.53 bits per heavy atom. The van der Waals surface area contributed by atoms with Crippen molar-refractivity contribution in [3.8, 4) is 16.9 Å². The van der Waals surface area contributed by atoms with Crippen LogP contribution in [0.5, 0.6) is 0 Å². The van der Waals surface area contributed by atoms with Crippen LogP contribution in [0.2, 0.25) is 0 Å². The Morgan fingerprint density at radius 2 is 2.00 bits per heavy atom. The van der Waals surface area contributed by atoms with E-state index in [0.717, 1.165) is 16.8 Å². The van der Waals surface area contributed by atoms with Crippen LogP contribution in [0, 0.1) is 5.80 Å². The van der Waals surface area contributed by atoms with Gasteiger partial charge in [0.05, 0.1) is 0 Å². The summed E-state index contributed by atoms with van der Waals surface area (Å²) in [5.74, 6) is 2.63. The standard InChI is InChI=1S/C13H14BN3/c1-16(8-7-14)13-5-3-11(4-6-13)12-9-15-17(2)10-12/h3-6,9-10H,8H2,1-2H3. The van der Waals surface area contributed by atoms with E-state index in [-0.39, 0.29) is 0 Å². The summed E-state index contributed by atoms with van der Waals surface area (Å²) in [6.07, 6.45) is 3.86. The molecule has 0 atom stereocenters.